The fourth-order valence-corrected chi connectivity index (χ4v) is 7.58. The van der Waals surface area contributed by atoms with E-state index in [0.29, 0.717) is 0 Å². The molecule has 49 heavy (non-hydrogen) atoms. The monoisotopic (exact) mass is 667 g/mol. The topological polar surface area (TPSA) is 25.3 Å². The second-order valence-corrected chi connectivity index (χ2v) is 15.2. The predicted octanol–water partition coefficient (Wildman–Crippen LogP) is 15.3. The summed E-state index contributed by atoms with van der Waals surface area (Å²) in [6.07, 6.45) is 34.8. The van der Waals surface area contributed by atoms with Gasteiger partial charge in [0.1, 0.15) is 0 Å². The van der Waals surface area contributed by atoms with E-state index < -0.39 is 0 Å². The van der Waals surface area contributed by atoms with Gasteiger partial charge in [0.15, 0.2) is 0 Å². The van der Waals surface area contributed by atoms with Crippen LogP contribution in [0.4, 0.5) is 0 Å². The normalized spacial score (nSPS) is 13.2. The maximum Gasteiger partial charge on any atom is 0.210 e. The van der Waals surface area contributed by atoms with Crippen LogP contribution in [0.25, 0.3) is 16.9 Å². The van der Waals surface area contributed by atoms with Crippen molar-refractivity contribution in [2.45, 2.75) is 202 Å². The lowest BCUT2D eigenvalue weighted by Gasteiger charge is -2.15. The van der Waals surface area contributed by atoms with Gasteiger partial charge in [0.05, 0.1) is 0 Å². The molecule has 1 aliphatic rings. The van der Waals surface area contributed by atoms with E-state index in [9.17, 15) is 5.53 Å². The summed E-state index contributed by atoms with van der Waals surface area (Å²) in [7, 11) is 0. The zero-order valence-electron chi connectivity index (χ0n) is 32.8. The first kappa shape index (κ1) is 40.9. The van der Waals surface area contributed by atoms with Crippen LogP contribution in [0.1, 0.15) is 209 Å². The summed E-state index contributed by atoms with van der Waals surface area (Å²) in [5.74, 6) is 0. The highest BCUT2D eigenvalue weighted by atomic mass is 15.2. The number of allylic oxidation sites excluding steroid dienone is 2. The van der Waals surface area contributed by atoms with Crippen LogP contribution in [0.2, 0.25) is 0 Å². The molecule has 0 bridgehead atoms. The third-order valence-corrected chi connectivity index (χ3v) is 10.6. The van der Waals surface area contributed by atoms with Crippen molar-refractivity contribution in [1.82, 2.24) is 0 Å². The molecule has 2 aromatic carbocycles. The average Bonchev–Trinajstić information content (AvgIpc) is 3.43. The van der Waals surface area contributed by atoms with Crippen LogP contribution >= 0.6 is 0 Å². The van der Waals surface area contributed by atoms with Crippen molar-refractivity contribution in [1.29, 1.82) is 0 Å². The van der Waals surface area contributed by atoms with Gasteiger partial charge >= 0.3 is 0 Å². The fourth-order valence-electron chi connectivity index (χ4n) is 7.58. The van der Waals surface area contributed by atoms with Gasteiger partial charge in [-0.3, -0.25) is 0 Å². The van der Waals surface area contributed by atoms with Gasteiger partial charge in [0.25, 0.3) is 0 Å². The lowest BCUT2D eigenvalue weighted by atomic mass is 9.95. The minimum absolute atomic E-state index is 0.972. The number of aryl methyl sites for hydroxylation is 4. The van der Waals surface area contributed by atoms with Crippen molar-refractivity contribution in [2.24, 2.45) is 0 Å². The predicted molar refractivity (Wildman–Crippen MR) is 216 cm³/mol. The quantitative estimate of drug-likeness (QED) is 0.0638. The smallest absolute Gasteiger partial charge is 0.210 e. The lowest BCUT2D eigenvalue weighted by molar-refractivity contribution is -0.344. The van der Waals surface area contributed by atoms with Crippen LogP contribution in [0.3, 0.4) is 0 Å². The van der Waals surface area contributed by atoms with E-state index in [2.05, 4.69) is 77.1 Å². The SMILES string of the molecule is CCCCCCCCc1cc(CCCCCCCC)cc(C2=CC(CCCCC)=C(c3cc(CCCCC)cc(CCCCC)c3)[N+]2=[N-])c1. The molecule has 0 fully saturated rings. The molecule has 1 aliphatic heterocycles. The van der Waals surface area contributed by atoms with Crippen molar-refractivity contribution in [3.05, 3.63) is 87.0 Å². The second kappa shape index (κ2) is 24.6. The first-order valence-corrected chi connectivity index (χ1v) is 21.2. The first-order chi connectivity index (χ1) is 24.0. The highest BCUT2D eigenvalue weighted by Gasteiger charge is 2.29. The molecule has 2 nitrogen and oxygen atoms in total. The third-order valence-electron chi connectivity index (χ3n) is 10.6. The Balaban J connectivity index is 1.94. The summed E-state index contributed by atoms with van der Waals surface area (Å²) in [6, 6.07) is 14.5. The zero-order chi connectivity index (χ0) is 35.1. The Morgan fingerprint density at radius 2 is 0.714 bits per heavy atom. The van der Waals surface area contributed by atoms with Gasteiger partial charge in [0.2, 0.25) is 11.4 Å². The van der Waals surface area contributed by atoms with Gasteiger partial charge in [-0.2, -0.15) is 0 Å². The molecule has 1 heterocycles. The lowest BCUT2D eigenvalue weighted by Crippen LogP contribution is -2.05. The maximum atomic E-state index is 12.2. The van der Waals surface area contributed by atoms with Crippen LogP contribution in [0.15, 0.2) is 48.0 Å². The van der Waals surface area contributed by atoms with Crippen LogP contribution < -0.4 is 0 Å². The van der Waals surface area contributed by atoms with Crippen LogP contribution in [-0.2, 0) is 25.7 Å². The minimum atomic E-state index is 0.972. The van der Waals surface area contributed by atoms with E-state index in [1.54, 1.807) is 4.70 Å². The van der Waals surface area contributed by atoms with Gasteiger partial charge in [-0.15, -0.1) is 0 Å². The minimum Gasteiger partial charge on any atom is -0.493 e. The molecule has 0 amide bonds. The Morgan fingerprint density at radius 3 is 1.14 bits per heavy atom. The molecule has 0 aromatic heterocycles. The van der Waals surface area contributed by atoms with E-state index in [0.717, 1.165) is 49.9 Å². The molecular formula is C47H74N2. The van der Waals surface area contributed by atoms with Crippen molar-refractivity contribution in [3.63, 3.8) is 0 Å². The largest absolute Gasteiger partial charge is 0.493 e. The molecule has 0 saturated carbocycles. The number of hydrogen-bond donors (Lipinski definition) is 0. The van der Waals surface area contributed by atoms with Crippen molar-refractivity contribution in [2.75, 3.05) is 0 Å². The molecule has 0 N–H and O–H groups in total. The van der Waals surface area contributed by atoms with Crippen molar-refractivity contribution >= 4 is 11.4 Å². The summed E-state index contributed by atoms with van der Waals surface area (Å²) in [4.78, 5) is 0. The number of rotatable bonds is 28. The standard InChI is InChI=1S/C47H74N2/c1-6-11-16-18-20-25-29-39-32-40(30-26-21-19-17-12-7-2)35-44(34-39)46-38-43(31-24-15-10-5)47(49(46)48)45-36-41(27-22-13-8-3)33-42(37-45)28-23-14-9-4/h32-38H,6-31H2,1-5H3. The molecule has 0 saturated heterocycles. The number of benzene rings is 2. The van der Waals surface area contributed by atoms with Crippen LogP contribution in [0, 0.1) is 0 Å². The zero-order valence-corrected chi connectivity index (χ0v) is 32.8. The van der Waals surface area contributed by atoms with Crippen LogP contribution in [0.5, 0.6) is 0 Å². The first-order valence-electron chi connectivity index (χ1n) is 21.2. The highest BCUT2D eigenvalue weighted by Crippen LogP contribution is 2.39. The van der Waals surface area contributed by atoms with Gasteiger partial charge in [-0.05, 0) is 111 Å². The number of unbranched alkanes of at least 4 members (excludes halogenated alkanes) is 16. The van der Waals surface area contributed by atoms with Crippen LogP contribution in [-0.4, -0.2) is 4.70 Å². The Kier molecular flexibility index (Phi) is 20.6. The summed E-state index contributed by atoms with van der Waals surface area (Å²) in [6.45, 7) is 11.5. The number of nitrogens with zero attached hydrogens (tertiary/aromatic N) is 2. The number of hydrogen-bond acceptors (Lipinski definition) is 0. The van der Waals surface area contributed by atoms with E-state index >= 15 is 0 Å². The molecule has 2 aromatic rings. The maximum absolute atomic E-state index is 12.2. The van der Waals surface area contributed by atoms with Gasteiger partial charge in [-0.25, -0.2) is 4.70 Å². The van der Waals surface area contributed by atoms with Crippen molar-refractivity contribution < 1.29 is 4.70 Å². The van der Waals surface area contributed by atoms with E-state index in [-0.39, 0.29) is 0 Å². The molecule has 0 unspecified atom stereocenters. The molecule has 0 atom stereocenters. The summed E-state index contributed by atoms with van der Waals surface area (Å²) in [5.41, 5.74) is 23.6. The Morgan fingerprint density at radius 1 is 0.388 bits per heavy atom. The summed E-state index contributed by atoms with van der Waals surface area (Å²) >= 11 is 0. The third kappa shape index (κ3) is 14.7. The Bertz CT molecular complexity index is 1230. The molecule has 272 valence electrons. The van der Waals surface area contributed by atoms with Gasteiger partial charge < -0.3 is 5.53 Å². The molecular weight excluding hydrogens is 593 g/mol. The molecule has 0 aliphatic carbocycles. The average molecular weight is 667 g/mol. The Labute approximate surface area is 303 Å². The summed E-state index contributed by atoms with van der Waals surface area (Å²) < 4.78 is 1.58. The molecule has 3 rings (SSSR count). The van der Waals surface area contributed by atoms with Gasteiger partial charge in [-0.1, -0.05) is 149 Å². The molecule has 2 heteroatoms. The highest BCUT2D eigenvalue weighted by molar-refractivity contribution is 5.79. The molecule has 0 spiro atoms. The Hall–Kier alpha value is -2.48. The van der Waals surface area contributed by atoms with E-state index in [4.69, 9.17) is 0 Å². The molecule has 0 radical (unpaired) electrons. The second-order valence-electron chi connectivity index (χ2n) is 15.2. The van der Waals surface area contributed by atoms with E-state index in [1.807, 2.05) is 0 Å². The van der Waals surface area contributed by atoms with Gasteiger partial charge in [0, 0.05) is 22.8 Å². The summed E-state index contributed by atoms with van der Waals surface area (Å²) in [5, 5.41) is 0. The van der Waals surface area contributed by atoms with E-state index in [1.165, 1.54) is 167 Å². The fraction of sp³-hybridized carbons (Fsp3) is 0.660. The van der Waals surface area contributed by atoms with Crippen molar-refractivity contribution in [3.8, 4) is 0 Å².